The highest BCUT2D eigenvalue weighted by molar-refractivity contribution is 5.89. The Morgan fingerprint density at radius 3 is 2.69 bits per heavy atom. The van der Waals surface area contributed by atoms with Gasteiger partial charge in [0.2, 0.25) is 5.95 Å². The largest absolute Gasteiger partial charge is 0.390 e. The Morgan fingerprint density at radius 2 is 2.00 bits per heavy atom. The van der Waals surface area contributed by atoms with E-state index in [1.165, 1.54) is 4.57 Å². The molecule has 168 valence electrons. The van der Waals surface area contributed by atoms with E-state index in [-0.39, 0.29) is 6.04 Å². The van der Waals surface area contributed by atoms with E-state index in [4.69, 9.17) is 0 Å². The summed E-state index contributed by atoms with van der Waals surface area (Å²) in [6.45, 7) is 3.05. The monoisotopic (exact) mass is 442 g/mol. The number of aromatic nitrogens is 6. The average Bonchev–Trinajstić information content (AvgIpc) is 3.26. The number of alkyl halides is 2. The van der Waals surface area contributed by atoms with E-state index in [0.717, 1.165) is 11.1 Å². The summed E-state index contributed by atoms with van der Waals surface area (Å²) in [6, 6.07) is 5.59. The molecule has 3 N–H and O–H groups in total. The minimum Gasteiger partial charge on any atom is -0.390 e. The van der Waals surface area contributed by atoms with Gasteiger partial charge in [-0.25, -0.2) is 23.3 Å². The fraction of sp³-hybridized carbons (Fsp3) is 0.429. The van der Waals surface area contributed by atoms with Gasteiger partial charge in [0.05, 0.1) is 17.8 Å². The van der Waals surface area contributed by atoms with Crippen LogP contribution in [0.25, 0.3) is 27.9 Å². The van der Waals surface area contributed by atoms with Crippen molar-refractivity contribution in [2.75, 3.05) is 17.7 Å². The maximum Gasteiger partial charge on any atom is 0.256 e. The molecule has 4 aromatic heterocycles. The van der Waals surface area contributed by atoms with Gasteiger partial charge in [0, 0.05) is 24.8 Å². The van der Waals surface area contributed by atoms with Crippen LogP contribution in [0.5, 0.6) is 0 Å². The third kappa shape index (κ3) is 3.52. The molecule has 0 saturated heterocycles. The molecule has 0 radical (unpaired) electrons. The van der Waals surface area contributed by atoms with Gasteiger partial charge in [-0.05, 0) is 44.9 Å². The zero-order valence-corrected chi connectivity index (χ0v) is 18.0. The number of fused-ring (bicyclic) bond motifs is 2. The predicted octanol–water partition coefficient (Wildman–Crippen LogP) is 3.08. The second-order valence-electron chi connectivity index (χ2n) is 8.50. The number of halogens is 2. The van der Waals surface area contributed by atoms with Crippen molar-refractivity contribution in [2.45, 2.75) is 51.3 Å². The molecule has 1 aliphatic carbocycles. The fourth-order valence-corrected chi connectivity index (χ4v) is 4.37. The predicted molar refractivity (Wildman–Crippen MR) is 117 cm³/mol. The van der Waals surface area contributed by atoms with E-state index in [1.54, 1.807) is 24.6 Å². The van der Waals surface area contributed by atoms with Crippen LogP contribution in [0.2, 0.25) is 0 Å². The first-order valence-electron chi connectivity index (χ1n) is 10.4. The number of hydrogen-bond donors (Lipinski definition) is 3. The fourth-order valence-electron chi connectivity index (χ4n) is 4.37. The van der Waals surface area contributed by atoms with E-state index in [9.17, 15) is 13.9 Å². The van der Waals surface area contributed by atoms with Gasteiger partial charge in [-0.2, -0.15) is 4.98 Å². The normalized spacial score (nSPS) is 20.8. The minimum atomic E-state index is -2.50. The van der Waals surface area contributed by atoms with Gasteiger partial charge in [0.1, 0.15) is 16.9 Å². The summed E-state index contributed by atoms with van der Waals surface area (Å²) in [4.78, 5) is 13.6. The summed E-state index contributed by atoms with van der Waals surface area (Å²) < 4.78 is 29.3. The van der Waals surface area contributed by atoms with E-state index in [0.29, 0.717) is 47.3 Å². The number of anilines is 2. The molecule has 0 aromatic carbocycles. The second-order valence-corrected chi connectivity index (χ2v) is 8.50. The molecule has 0 unspecified atom stereocenters. The smallest absolute Gasteiger partial charge is 0.256 e. The highest BCUT2D eigenvalue weighted by Crippen LogP contribution is 2.34. The number of aliphatic hydroxyl groups is 1. The molecule has 0 atom stereocenters. The second kappa shape index (κ2) is 7.37. The molecule has 4 aromatic rings. The Bertz CT molecular complexity index is 1300. The maximum atomic E-state index is 13.1. The van der Waals surface area contributed by atoms with Crippen LogP contribution < -0.4 is 10.6 Å². The molecule has 0 spiro atoms. The minimum absolute atomic E-state index is 0.115. The SMILES string of the molecule is CNc1nc(NC2CC(C)(O)C2)nn2ccc(-c3ccc4nc(C)n(CC(F)F)c4n3)c12. The Labute approximate surface area is 182 Å². The molecule has 1 saturated carbocycles. The van der Waals surface area contributed by atoms with Gasteiger partial charge in [-0.15, -0.1) is 5.10 Å². The molecule has 0 aliphatic heterocycles. The van der Waals surface area contributed by atoms with E-state index >= 15 is 0 Å². The summed E-state index contributed by atoms with van der Waals surface area (Å²) in [5.41, 5.74) is 2.46. The lowest BCUT2D eigenvalue weighted by Gasteiger charge is -2.41. The van der Waals surface area contributed by atoms with Crippen molar-refractivity contribution < 1.29 is 13.9 Å². The average molecular weight is 442 g/mol. The zero-order valence-electron chi connectivity index (χ0n) is 18.0. The molecule has 1 aliphatic rings. The Balaban J connectivity index is 1.55. The molecular weight excluding hydrogens is 418 g/mol. The summed E-state index contributed by atoms with van der Waals surface area (Å²) in [5, 5.41) is 20.9. The Kier molecular flexibility index (Phi) is 4.73. The quantitative estimate of drug-likeness (QED) is 0.421. The van der Waals surface area contributed by atoms with Gasteiger partial charge in [0.25, 0.3) is 6.43 Å². The van der Waals surface area contributed by atoms with Crippen LogP contribution >= 0.6 is 0 Å². The number of aryl methyl sites for hydroxylation is 1. The summed E-state index contributed by atoms with van der Waals surface area (Å²) >= 11 is 0. The number of imidazole rings is 1. The van der Waals surface area contributed by atoms with Gasteiger partial charge >= 0.3 is 0 Å². The van der Waals surface area contributed by atoms with Crippen molar-refractivity contribution in [3.8, 4) is 11.3 Å². The van der Waals surface area contributed by atoms with E-state index in [1.807, 2.05) is 25.3 Å². The van der Waals surface area contributed by atoms with Crippen LogP contribution in [0.4, 0.5) is 20.5 Å². The van der Waals surface area contributed by atoms with Gasteiger partial charge in [-0.1, -0.05) is 0 Å². The summed E-state index contributed by atoms with van der Waals surface area (Å²) in [5.74, 6) is 1.56. The van der Waals surface area contributed by atoms with E-state index < -0.39 is 18.6 Å². The van der Waals surface area contributed by atoms with Crippen molar-refractivity contribution in [3.63, 3.8) is 0 Å². The Morgan fingerprint density at radius 1 is 1.22 bits per heavy atom. The van der Waals surface area contributed by atoms with Crippen LogP contribution in [0.3, 0.4) is 0 Å². The van der Waals surface area contributed by atoms with Gasteiger partial charge < -0.3 is 20.3 Å². The maximum absolute atomic E-state index is 13.1. The molecule has 4 heterocycles. The highest BCUT2D eigenvalue weighted by Gasteiger charge is 2.38. The van der Waals surface area contributed by atoms with Crippen LogP contribution in [0, 0.1) is 6.92 Å². The zero-order chi connectivity index (χ0) is 22.6. The van der Waals surface area contributed by atoms with Gasteiger partial charge in [-0.3, -0.25) is 0 Å². The van der Waals surface area contributed by atoms with Crippen molar-refractivity contribution in [3.05, 3.63) is 30.2 Å². The first kappa shape index (κ1) is 20.6. The van der Waals surface area contributed by atoms with Crippen LogP contribution in [0.1, 0.15) is 25.6 Å². The third-order valence-electron chi connectivity index (χ3n) is 5.83. The van der Waals surface area contributed by atoms with Crippen molar-refractivity contribution in [1.29, 1.82) is 0 Å². The van der Waals surface area contributed by atoms with Crippen LogP contribution in [-0.2, 0) is 6.54 Å². The molecule has 0 bridgehead atoms. The standard InChI is InChI=1S/C21H24F2N8O/c1-11-25-15-5-4-14(27-19(15)30(11)10-16(22)23)13-6-7-31-17(13)18(24-3)28-20(29-31)26-12-8-21(2,32)9-12/h4-7,12,16,32H,8-10H2,1-3H3,(H2,24,26,28,29). The lowest BCUT2D eigenvalue weighted by molar-refractivity contribution is -0.0236. The van der Waals surface area contributed by atoms with Gasteiger partial charge in [0.15, 0.2) is 11.5 Å². The highest BCUT2D eigenvalue weighted by atomic mass is 19.3. The van der Waals surface area contributed by atoms with Crippen LogP contribution in [0.15, 0.2) is 24.4 Å². The number of rotatable bonds is 6. The lowest BCUT2D eigenvalue weighted by Crippen LogP contribution is -2.48. The summed E-state index contributed by atoms with van der Waals surface area (Å²) in [6.07, 6.45) is 0.579. The topological polar surface area (TPSA) is 105 Å². The molecular formula is C21H24F2N8O. The number of pyridine rings is 1. The Hall–Kier alpha value is -3.34. The van der Waals surface area contributed by atoms with Crippen LogP contribution in [-0.4, -0.2) is 59.4 Å². The molecule has 9 nitrogen and oxygen atoms in total. The van der Waals surface area contributed by atoms with E-state index in [2.05, 4.69) is 30.7 Å². The molecule has 5 rings (SSSR count). The molecule has 11 heteroatoms. The van der Waals surface area contributed by atoms with Crippen molar-refractivity contribution in [1.82, 2.24) is 29.1 Å². The first-order valence-corrected chi connectivity index (χ1v) is 10.4. The molecule has 1 fully saturated rings. The summed E-state index contributed by atoms with van der Waals surface area (Å²) in [7, 11) is 1.77. The van der Waals surface area contributed by atoms with Crippen molar-refractivity contribution >= 4 is 28.4 Å². The molecule has 0 amide bonds. The van der Waals surface area contributed by atoms with Crippen molar-refractivity contribution in [2.24, 2.45) is 0 Å². The number of hydrogen-bond acceptors (Lipinski definition) is 7. The number of nitrogens with zero attached hydrogens (tertiary/aromatic N) is 6. The molecule has 32 heavy (non-hydrogen) atoms. The third-order valence-corrected chi connectivity index (χ3v) is 5.83. The first-order chi connectivity index (χ1) is 15.2. The lowest BCUT2D eigenvalue weighted by atomic mass is 9.77. The number of nitrogens with one attached hydrogen (secondary N) is 2.